The van der Waals surface area contributed by atoms with Gasteiger partial charge in [-0.3, -0.25) is 0 Å². The molecule has 1 aliphatic heterocycles. The van der Waals surface area contributed by atoms with Crippen LogP contribution in [0.25, 0.3) is 0 Å². The predicted octanol–water partition coefficient (Wildman–Crippen LogP) is 2.20. The largest absolute Gasteiger partial charge is 0.486 e. The van der Waals surface area contributed by atoms with Gasteiger partial charge in [-0.15, -0.1) is 0 Å². The van der Waals surface area contributed by atoms with Crippen molar-refractivity contribution in [3.05, 3.63) is 58.9 Å². The molecule has 32 heavy (non-hydrogen) atoms. The third-order valence-electron chi connectivity index (χ3n) is 5.15. The highest BCUT2D eigenvalue weighted by molar-refractivity contribution is 7.89. The van der Waals surface area contributed by atoms with Crippen LogP contribution in [0.1, 0.15) is 16.7 Å². The second kappa shape index (κ2) is 8.32. The van der Waals surface area contributed by atoms with Crippen molar-refractivity contribution in [2.24, 2.45) is 0 Å². The fourth-order valence-corrected chi connectivity index (χ4v) is 5.10. The molecule has 0 radical (unpaired) electrons. The van der Waals surface area contributed by atoms with Crippen LogP contribution in [0.15, 0.2) is 41.3 Å². The number of aryl methyl sites for hydroxylation is 1. The second-order valence-corrected chi connectivity index (χ2v) is 9.30. The number of benzene rings is 2. The minimum atomic E-state index is -4.65. The monoisotopic (exact) mass is 474 g/mol. The molecule has 1 fully saturated rings. The first-order valence-electron chi connectivity index (χ1n) is 9.19. The summed E-state index contributed by atoms with van der Waals surface area (Å²) in [5, 5.41) is 29.2. The van der Waals surface area contributed by atoms with Gasteiger partial charge in [0.05, 0.1) is 29.2 Å². The van der Waals surface area contributed by atoms with E-state index in [2.05, 4.69) is 0 Å². The van der Waals surface area contributed by atoms with Crippen molar-refractivity contribution in [1.29, 1.82) is 5.26 Å². The van der Waals surface area contributed by atoms with Crippen LogP contribution < -0.4 is 4.74 Å². The summed E-state index contributed by atoms with van der Waals surface area (Å²) in [6.45, 7) is -0.740. The molecule has 3 rings (SSSR count). The van der Waals surface area contributed by atoms with Gasteiger partial charge in [-0.1, -0.05) is 0 Å². The van der Waals surface area contributed by atoms with Gasteiger partial charge in [-0.2, -0.15) is 22.7 Å². The fraction of sp³-hybridized carbons (Fsp3) is 0.350. The number of halogens is 4. The summed E-state index contributed by atoms with van der Waals surface area (Å²) in [6, 6.07) is 7.07. The minimum Gasteiger partial charge on any atom is -0.486 e. The lowest BCUT2D eigenvalue weighted by atomic mass is 10.0. The van der Waals surface area contributed by atoms with Crippen LogP contribution in [-0.2, 0) is 16.2 Å². The summed E-state index contributed by atoms with van der Waals surface area (Å²) >= 11 is 0. The number of nitriles is 1. The molecule has 0 spiro atoms. The summed E-state index contributed by atoms with van der Waals surface area (Å²) in [5.74, 6) is -0.997. The molecule has 12 heteroatoms. The molecule has 0 aliphatic carbocycles. The Balaban J connectivity index is 1.90. The smallest absolute Gasteiger partial charge is 0.416 e. The van der Waals surface area contributed by atoms with Crippen molar-refractivity contribution in [3.8, 4) is 11.8 Å². The summed E-state index contributed by atoms with van der Waals surface area (Å²) in [4.78, 5) is -0.393. The lowest BCUT2D eigenvalue weighted by Gasteiger charge is -2.27. The maximum Gasteiger partial charge on any atom is 0.416 e. The summed E-state index contributed by atoms with van der Waals surface area (Å²) in [5.41, 5.74) is -3.46. The molecule has 2 atom stereocenters. The van der Waals surface area contributed by atoms with Gasteiger partial charge in [0, 0.05) is 12.6 Å². The number of aliphatic hydroxyl groups excluding tert-OH is 1. The van der Waals surface area contributed by atoms with Gasteiger partial charge in [-0.25, -0.2) is 12.8 Å². The zero-order valence-corrected chi connectivity index (χ0v) is 17.4. The molecule has 172 valence electrons. The van der Waals surface area contributed by atoms with Crippen molar-refractivity contribution < 1.29 is 40.9 Å². The molecular weight excluding hydrogens is 456 g/mol. The Bertz CT molecular complexity index is 1180. The number of rotatable bonds is 5. The molecular formula is C20H18F4N2O5S. The summed E-state index contributed by atoms with van der Waals surface area (Å²) in [7, 11) is -4.36. The van der Waals surface area contributed by atoms with Crippen LogP contribution in [0.2, 0.25) is 0 Å². The van der Waals surface area contributed by atoms with Crippen LogP contribution in [0.5, 0.6) is 5.75 Å². The third kappa shape index (κ3) is 4.42. The van der Waals surface area contributed by atoms with Crippen LogP contribution >= 0.6 is 0 Å². The number of hydrogen-bond donors (Lipinski definition) is 2. The zero-order valence-electron chi connectivity index (χ0n) is 16.6. The standard InChI is InChI=1S/C20H18F4N2O5S/c1-12-6-14(20(22,23)24)3-5-17(12)32(29,30)26-9-18(19(28,10-26)11-27)31-15-4-2-13(8-25)16(21)7-15/h2-7,18,27-28H,9-11H2,1H3/t18-,19+/m0/s1. The van der Waals surface area contributed by atoms with Crippen molar-refractivity contribution in [2.45, 2.75) is 29.7 Å². The maximum absolute atomic E-state index is 13.8. The molecule has 1 saturated heterocycles. The van der Waals surface area contributed by atoms with Gasteiger partial charge in [0.25, 0.3) is 0 Å². The lowest BCUT2D eigenvalue weighted by Crippen LogP contribution is -2.48. The highest BCUT2D eigenvalue weighted by atomic mass is 32.2. The molecule has 0 bridgehead atoms. The minimum absolute atomic E-state index is 0.108. The molecule has 2 aromatic carbocycles. The number of ether oxygens (including phenoxy) is 1. The van der Waals surface area contributed by atoms with Crippen molar-refractivity contribution in [1.82, 2.24) is 4.31 Å². The predicted molar refractivity (Wildman–Crippen MR) is 103 cm³/mol. The number of β-amino-alcohol motifs (C(OH)–C–C–N with tert-alkyl or cyclic N) is 1. The van der Waals surface area contributed by atoms with E-state index in [0.717, 1.165) is 22.5 Å². The number of alkyl halides is 3. The van der Waals surface area contributed by atoms with Gasteiger partial charge >= 0.3 is 6.18 Å². The zero-order chi connectivity index (χ0) is 23.9. The fourth-order valence-electron chi connectivity index (χ4n) is 3.39. The first-order chi connectivity index (χ1) is 14.8. The molecule has 1 heterocycles. The molecule has 0 unspecified atom stereocenters. The maximum atomic E-state index is 13.8. The average Bonchev–Trinajstić information content (AvgIpc) is 3.05. The normalized spacial score (nSPS) is 22.0. The highest BCUT2D eigenvalue weighted by Crippen LogP contribution is 2.35. The van der Waals surface area contributed by atoms with Gasteiger partial charge in [0.15, 0.2) is 0 Å². The topological polar surface area (TPSA) is 111 Å². The van der Waals surface area contributed by atoms with Crippen molar-refractivity contribution in [3.63, 3.8) is 0 Å². The second-order valence-electron chi connectivity index (χ2n) is 7.40. The third-order valence-corrected chi connectivity index (χ3v) is 7.12. The van der Waals surface area contributed by atoms with E-state index < -0.39 is 63.9 Å². The van der Waals surface area contributed by atoms with Crippen LogP contribution in [0, 0.1) is 24.1 Å². The van der Waals surface area contributed by atoms with Crippen LogP contribution in [0.3, 0.4) is 0 Å². The van der Waals surface area contributed by atoms with E-state index in [-0.39, 0.29) is 16.9 Å². The van der Waals surface area contributed by atoms with E-state index in [1.165, 1.54) is 13.0 Å². The first-order valence-corrected chi connectivity index (χ1v) is 10.6. The number of aliphatic hydroxyl groups is 2. The number of hydrogen-bond acceptors (Lipinski definition) is 6. The SMILES string of the molecule is Cc1cc(C(F)(F)F)ccc1S(=O)(=O)N1C[C@H](Oc2ccc(C#N)c(F)c2)[C@](O)(CO)C1. The molecule has 0 amide bonds. The van der Waals surface area contributed by atoms with Crippen LogP contribution in [0.4, 0.5) is 17.6 Å². The Hall–Kier alpha value is -2.72. The first kappa shape index (κ1) is 23.9. The Kier molecular flexibility index (Phi) is 6.23. The Morgan fingerprint density at radius 1 is 1.28 bits per heavy atom. The van der Waals surface area contributed by atoms with Gasteiger partial charge in [0.1, 0.15) is 29.3 Å². The van der Waals surface area contributed by atoms with Crippen LogP contribution in [-0.4, -0.2) is 54.3 Å². The summed E-state index contributed by atoms with van der Waals surface area (Å²) < 4.78 is 84.9. The van der Waals surface area contributed by atoms with E-state index in [4.69, 9.17) is 10.00 Å². The molecule has 1 aliphatic rings. The molecule has 2 N–H and O–H groups in total. The van der Waals surface area contributed by atoms with Gasteiger partial charge in [-0.05, 0) is 42.8 Å². The van der Waals surface area contributed by atoms with Crippen molar-refractivity contribution in [2.75, 3.05) is 19.7 Å². The number of nitrogens with zero attached hydrogens (tertiary/aromatic N) is 2. The van der Waals surface area contributed by atoms with E-state index >= 15 is 0 Å². The average molecular weight is 474 g/mol. The molecule has 7 nitrogen and oxygen atoms in total. The Labute approximate surface area is 181 Å². The lowest BCUT2D eigenvalue weighted by molar-refractivity contribution is -0.137. The van der Waals surface area contributed by atoms with E-state index in [1.54, 1.807) is 6.07 Å². The number of sulfonamides is 1. The quantitative estimate of drug-likeness (QED) is 0.643. The Morgan fingerprint density at radius 3 is 2.50 bits per heavy atom. The molecule has 0 saturated carbocycles. The highest BCUT2D eigenvalue weighted by Gasteiger charge is 2.51. The van der Waals surface area contributed by atoms with Gasteiger partial charge < -0.3 is 14.9 Å². The van der Waals surface area contributed by atoms with Crippen molar-refractivity contribution >= 4 is 10.0 Å². The van der Waals surface area contributed by atoms with E-state index in [1.807, 2.05) is 0 Å². The van der Waals surface area contributed by atoms with E-state index in [0.29, 0.717) is 12.1 Å². The summed E-state index contributed by atoms with van der Waals surface area (Å²) in [6.07, 6.45) is -5.96. The molecule has 2 aromatic rings. The van der Waals surface area contributed by atoms with Gasteiger partial charge in [0.2, 0.25) is 10.0 Å². The Morgan fingerprint density at radius 2 is 1.97 bits per heavy atom. The molecule has 0 aromatic heterocycles. The van der Waals surface area contributed by atoms with E-state index in [9.17, 15) is 36.2 Å².